The molecular weight excluding hydrogens is 396 g/mol. The van der Waals surface area contributed by atoms with Crippen LogP contribution in [-0.4, -0.2) is 24.2 Å². The molecule has 0 spiro atoms. The van der Waals surface area contributed by atoms with Gasteiger partial charge in [-0.05, 0) is 37.6 Å². The van der Waals surface area contributed by atoms with E-state index in [1.54, 1.807) is 25.1 Å². The summed E-state index contributed by atoms with van der Waals surface area (Å²) in [6, 6.07) is 14.3. The second-order valence-electron chi connectivity index (χ2n) is 6.33. The summed E-state index contributed by atoms with van der Waals surface area (Å²) in [6.07, 6.45) is 0. The van der Waals surface area contributed by atoms with Gasteiger partial charge in [0.1, 0.15) is 10.7 Å². The standard InChI is InChI=1S/C21H21ClN2O3S/c1-13(15-6-4-3-5-7-15)23-20(25)17-12-16(22)8-9-18(17)24-21(26)19-14(2)27-10-11-28-19/h3-9,12-13H,10-11H2,1-2H3,(H,23,25)(H,24,26)/t13-/m0/s1. The lowest BCUT2D eigenvalue weighted by atomic mass is 10.1. The van der Waals surface area contributed by atoms with Gasteiger partial charge in [-0.25, -0.2) is 0 Å². The van der Waals surface area contributed by atoms with Gasteiger partial charge in [-0.2, -0.15) is 0 Å². The minimum Gasteiger partial charge on any atom is -0.496 e. The lowest BCUT2D eigenvalue weighted by Gasteiger charge is -2.19. The normalized spacial score (nSPS) is 14.8. The number of halogens is 1. The van der Waals surface area contributed by atoms with E-state index in [4.69, 9.17) is 16.3 Å². The smallest absolute Gasteiger partial charge is 0.265 e. The molecule has 1 aliphatic heterocycles. The van der Waals surface area contributed by atoms with Crippen molar-refractivity contribution in [1.29, 1.82) is 0 Å². The first kappa shape index (κ1) is 20.3. The average molecular weight is 417 g/mol. The Bertz CT molecular complexity index is 915. The van der Waals surface area contributed by atoms with Crippen LogP contribution < -0.4 is 10.6 Å². The van der Waals surface area contributed by atoms with Crippen molar-refractivity contribution >= 4 is 40.9 Å². The van der Waals surface area contributed by atoms with Crippen molar-refractivity contribution in [3.05, 3.63) is 75.3 Å². The van der Waals surface area contributed by atoms with Crippen LogP contribution in [0.3, 0.4) is 0 Å². The second-order valence-corrected chi connectivity index (χ2v) is 7.87. The van der Waals surface area contributed by atoms with Crippen LogP contribution in [0.4, 0.5) is 5.69 Å². The molecule has 28 heavy (non-hydrogen) atoms. The summed E-state index contributed by atoms with van der Waals surface area (Å²) in [5, 5.41) is 6.18. The van der Waals surface area contributed by atoms with Gasteiger partial charge in [0, 0.05) is 10.8 Å². The third-order valence-electron chi connectivity index (χ3n) is 4.30. The van der Waals surface area contributed by atoms with Crippen LogP contribution in [0.25, 0.3) is 0 Å². The van der Waals surface area contributed by atoms with Crippen molar-refractivity contribution in [3.8, 4) is 0 Å². The molecule has 0 aliphatic carbocycles. The molecule has 5 nitrogen and oxygen atoms in total. The molecule has 2 aromatic rings. The van der Waals surface area contributed by atoms with Crippen LogP contribution in [0.5, 0.6) is 0 Å². The lowest BCUT2D eigenvalue weighted by molar-refractivity contribution is -0.112. The van der Waals surface area contributed by atoms with Gasteiger partial charge in [0.25, 0.3) is 11.8 Å². The first-order valence-corrected chi connectivity index (χ1v) is 10.2. The maximum Gasteiger partial charge on any atom is 0.265 e. The van der Waals surface area contributed by atoms with Gasteiger partial charge in [-0.15, -0.1) is 11.8 Å². The monoisotopic (exact) mass is 416 g/mol. The van der Waals surface area contributed by atoms with E-state index in [1.807, 2.05) is 37.3 Å². The van der Waals surface area contributed by atoms with Crippen LogP contribution in [0, 0.1) is 0 Å². The van der Waals surface area contributed by atoms with Crippen molar-refractivity contribution in [2.24, 2.45) is 0 Å². The quantitative estimate of drug-likeness (QED) is 0.737. The van der Waals surface area contributed by atoms with Crippen LogP contribution in [0.15, 0.2) is 59.2 Å². The number of hydrogen-bond donors (Lipinski definition) is 2. The van der Waals surface area contributed by atoms with Crippen molar-refractivity contribution in [3.63, 3.8) is 0 Å². The van der Waals surface area contributed by atoms with Gasteiger partial charge in [0.05, 0.1) is 23.9 Å². The Kier molecular flexibility index (Phi) is 6.65. The zero-order valence-electron chi connectivity index (χ0n) is 15.6. The number of ether oxygens (including phenoxy) is 1. The number of nitrogens with one attached hydrogen (secondary N) is 2. The molecule has 1 heterocycles. The summed E-state index contributed by atoms with van der Waals surface area (Å²) >= 11 is 7.54. The molecule has 2 N–H and O–H groups in total. The van der Waals surface area contributed by atoms with Crippen molar-refractivity contribution in [2.75, 3.05) is 17.7 Å². The molecule has 0 saturated carbocycles. The van der Waals surface area contributed by atoms with Gasteiger partial charge in [0.2, 0.25) is 0 Å². The Morgan fingerprint density at radius 1 is 1.14 bits per heavy atom. The summed E-state index contributed by atoms with van der Waals surface area (Å²) in [5.41, 5.74) is 1.70. The summed E-state index contributed by atoms with van der Waals surface area (Å²) in [6.45, 7) is 4.25. The molecule has 0 fully saturated rings. The molecule has 3 rings (SSSR count). The zero-order chi connectivity index (χ0) is 20.1. The predicted octanol–water partition coefficient (Wildman–Crippen LogP) is 4.76. The second kappa shape index (κ2) is 9.17. The van der Waals surface area contributed by atoms with E-state index < -0.39 is 0 Å². The fourth-order valence-electron chi connectivity index (χ4n) is 2.82. The topological polar surface area (TPSA) is 67.4 Å². The molecule has 146 valence electrons. The number of carbonyl (C=O) groups is 2. The fourth-order valence-corrected chi connectivity index (χ4v) is 3.81. The van der Waals surface area contributed by atoms with Crippen LogP contribution >= 0.6 is 23.4 Å². The molecule has 1 atom stereocenters. The van der Waals surface area contributed by atoms with E-state index in [0.717, 1.165) is 5.56 Å². The number of anilines is 1. The molecule has 1 aliphatic rings. The maximum absolute atomic E-state index is 12.9. The van der Waals surface area contributed by atoms with E-state index in [2.05, 4.69) is 10.6 Å². The predicted molar refractivity (Wildman–Crippen MR) is 114 cm³/mol. The number of carbonyl (C=O) groups excluding carboxylic acids is 2. The van der Waals surface area contributed by atoms with Gasteiger partial charge in [0.15, 0.2) is 0 Å². The third-order valence-corrected chi connectivity index (χ3v) is 5.66. The average Bonchev–Trinajstić information content (AvgIpc) is 2.70. The first-order chi connectivity index (χ1) is 13.5. The number of amides is 2. The first-order valence-electron chi connectivity index (χ1n) is 8.89. The zero-order valence-corrected chi connectivity index (χ0v) is 17.2. The molecule has 0 unspecified atom stereocenters. The van der Waals surface area contributed by atoms with E-state index in [0.29, 0.717) is 39.3 Å². The summed E-state index contributed by atoms with van der Waals surface area (Å²) in [5.74, 6) is 0.691. The van der Waals surface area contributed by atoms with E-state index in [1.165, 1.54) is 11.8 Å². The highest BCUT2D eigenvalue weighted by Gasteiger charge is 2.22. The largest absolute Gasteiger partial charge is 0.496 e. The Morgan fingerprint density at radius 2 is 1.89 bits per heavy atom. The number of rotatable bonds is 5. The molecule has 7 heteroatoms. The van der Waals surface area contributed by atoms with Gasteiger partial charge >= 0.3 is 0 Å². The fraction of sp³-hybridized carbons (Fsp3) is 0.238. The minimum atomic E-state index is -0.313. The lowest BCUT2D eigenvalue weighted by Crippen LogP contribution is -2.28. The molecule has 2 amide bonds. The number of allylic oxidation sites excluding steroid dienone is 1. The van der Waals surface area contributed by atoms with Crippen LogP contribution in [0.1, 0.15) is 35.8 Å². The number of hydrogen-bond acceptors (Lipinski definition) is 4. The van der Waals surface area contributed by atoms with Crippen molar-refractivity contribution in [1.82, 2.24) is 5.32 Å². The molecular formula is C21H21ClN2O3S. The van der Waals surface area contributed by atoms with Crippen molar-refractivity contribution < 1.29 is 14.3 Å². The Labute approximate surface area is 173 Å². The number of thioether (sulfide) groups is 1. The Balaban J connectivity index is 1.80. The van der Waals surface area contributed by atoms with Gasteiger partial charge in [-0.3, -0.25) is 9.59 Å². The highest BCUT2D eigenvalue weighted by molar-refractivity contribution is 8.04. The Morgan fingerprint density at radius 3 is 2.61 bits per heavy atom. The van der Waals surface area contributed by atoms with Gasteiger partial charge in [-0.1, -0.05) is 41.9 Å². The highest BCUT2D eigenvalue weighted by atomic mass is 35.5. The molecule has 0 bridgehead atoms. The molecule has 0 aromatic heterocycles. The summed E-state index contributed by atoms with van der Waals surface area (Å²) in [4.78, 5) is 26.0. The van der Waals surface area contributed by atoms with E-state index in [-0.39, 0.29) is 17.9 Å². The molecule has 2 aromatic carbocycles. The van der Waals surface area contributed by atoms with Crippen LogP contribution in [-0.2, 0) is 9.53 Å². The van der Waals surface area contributed by atoms with E-state index >= 15 is 0 Å². The molecule has 0 saturated heterocycles. The SMILES string of the molecule is CC1=C(C(=O)Nc2ccc(Cl)cc2C(=O)N[C@@H](C)c2ccccc2)SCCO1. The van der Waals surface area contributed by atoms with Crippen LogP contribution in [0.2, 0.25) is 5.02 Å². The maximum atomic E-state index is 12.9. The van der Waals surface area contributed by atoms with E-state index in [9.17, 15) is 9.59 Å². The minimum absolute atomic E-state index is 0.191. The molecule has 0 radical (unpaired) electrons. The Hall–Kier alpha value is -2.44. The summed E-state index contributed by atoms with van der Waals surface area (Å²) < 4.78 is 5.45. The van der Waals surface area contributed by atoms with Crippen molar-refractivity contribution in [2.45, 2.75) is 19.9 Å². The highest BCUT2D eigenvalue weighted by Crippen LogP contribution is 2.28. The number of benzene rings is 2. The third kappa shape index (κ3) is 4.88. The summed E-state index contributed by atoms with van der Waals surface area (Å²) in [7, 11) is 0. The van der Waals surface area contributed by atoms with Gasteiger partial charge < -0.3 is 15.4 Å².